The number of hydrogen-bond donors (Lipinski definition) is 1. The van der Waals surface area contributed by atoms with Crippen LogP contribution in [0, 0.1) is 0 Å². The van der Waals surface area contributed by atoms with Crippen molar-refractivity contribution in [3.8, 4) is 5.75 Å². The van der Waals surface area contributed by atoms with Crippen LogP contribution in [0.15, 0.2) is 48.5 Å². The normalized spacial score (nSPS) is 18.6. The fourth-order valence-electron chi connectivity index (χ4n) is 4.00. The molecule has 1 amide bonds. The van der Waals surface area contributed by atoms with E-state index in [1.807, 2.05) is 48.5 Å². The van der Waals surface area contributed by atoms with E-state index in [0.717, 1.165) is 43.9 Å². The number of piperidine rings is 1. The molecule has 5 nitrogen and oxygen atoms in total. The third-order valence-corrected chi connectivity index (χ3v) is 5.44. The summed E-state index contributed by atoms with van der Waals surface area (Å²) in [5.41, 5.74) is 2.39. The molecule has 2 aliphatic heterocycles. The van der Waals surface area contributed by atoms with E-state index in [-0.39, 0.29) is 17.3 Å². The molecular formula is C22H24N2O3. The molecule has 0 bridgehead atoms. The number of ether oxygens (including phenoxy) is 1. The maximum Gasteiger partial charge on any atom is 0.221 e. The molecule has 0 aliphatic carbocycles. The Morgan fingerprint density at radius 1 is 1.11 bits per heavy atom. The second-order valence-corrected chi connectivity index (χ2v) is 7.54. The molecule has 140 valence electrons. The van der Waals surface area contributed by atoms with Crippen LogP contribution in [0.4, 0.5) is 5.69 Å². The van der Waals surface area contributed by atoms with Gasteiger partial charge in [-0.2, -0.15) is 0 Å². The third kappa shape index (κ3) is 3.88. The van der Waals surface area contributed by atoms with Gasteiger partial charge in [-0.05, 0) is 29.8 Å². The number of nitrogens with one attached hydrogen (secondary N) is 1. The molecule has 27 heavy (non-hydrogen) atoms. The summed E-state index contributed by atoms with van der Waals surface area (Å²) in [6, 6.07) is 15.5. The molecule has 0 unspecified atom stereocenters. The summed E-state index contributed by atoms with van der Waals surface area (Å²) < 4.78 is 6.29. The number of carbonyl (C=O) groups excluding carboxylic acids is 2. The minimum absolute atomic E-state index is 0.0623. The van der Waals surface area contributed by atoms with Gasteiger partial charge in [0.15, 0.2) is 5.78 Å². The van der Waals surface area contributed by atoms with Crippen molar-refractivity contribution in [3.05, 3.63) is 59.7 Å². The first kappa shape index (κ1) is 17.7. The van der Waals surface area contributed by atoms with E-state index in [0.29, 0.717) is 12.0 Å². The van der Waals surface area contributed by atoms with E-state index in [1.54, 1.807) is 0 Å². The van der Waals surface area contributed by atoms with Crippen molar-refractivity contribution in [2.24, 2.45) is 0 Å². The number of hydrogen-bond acceptors (Lipinski definition) is 4. The van der Waals surface area contributed by atoms with E-state index < -0.39 is 0 Å². The largest absolute Gasteiger partial charge is 0.486 e. The molecule has 4 rings (SSSR count). The number of Topliss-reactive ketones (excluding diaryl/α,β-unsaturated/α-hetero) is 1. The van der Waals surface area contributed by atoms with E-state index >= 15 is 0 Å². The molecule has 2 aromatic carbocycles. The summed E-state index contributed by atoms with van der Waals surface area (Å²) in [5, 5.41) is 2.79. The van der Waals surface area contributed by atoms with Crippen molar-refractivity contribution in [3.63, 3.8) is 0 Å². The van der Waals surface area contributed by atoms with Crippen LogP contribution in [-0.2, 0) is 11.3 Å². The smallest absolute Gasteiger partial charge is 0.221 e. The Morgan fingerprint density at radius 3 is 2.52 bits per heavy atom. The Kier molecular flexibility index (Phi) is 4.70. The minimum atomic E-state index is -0.350. The Labute approximate surface area is 159 Å². The van der Waals surface area contributed by atoms with Crippen LogP contribution in [0.2, 0.25) is 0 Å². The SMILES string of the molecule is CC(=O)Nc1ccc(CN2CCC3(CC2)CC(=O)c2ccccc2O3)cc1. The van der Waals surface area contributed by atoms with Crippen molar-refractivity contribution >= 4 is 17.4 Å². The van der Waals surface area contributed by atoms with Gasteiger partial charge in [0.2, 0.25) is 5.91 Å². The highest BCUT2D eigenvalue weighted by Crippen LogP contribution is 2.39. The Bertz CT molecular complexity index is 852. The molecule has 2 aliphatic rings. The summed E-state index contributed by atoms with van der Waals surface area (Å²) in [4.78, 5) is 26.0. The summed E-state index contributed by atoms with van der Waals surface area (Å²) >= 11 is 0. The lowest BCUT2D eigenvalue weighted by Gasteiger charge is -2.44. The van der Waals surface area contributed by atoms with Crippen LogP contribution in [0.25, 0.3) is 0 Å². The quantitative estimate of drug-likeness (QED) is 0.903. The van der Waals surface area contributed by atoms with E-state index in [4.69, 9.17) is 4.74 Å². The summed E-state index contributed by atoms with van der Waals surface area (Å²) in [5.74, 6) is 0.863. The molecule has 2 aromatic rings. The number of para-hydroxylation sites is 1. The highest BCUT2D eigenvalue weighted by molar-refractivity contribution is 6.00. The van der Waals surface area contributed by atoms with Crippen molar-refractivity contribution in [2.75, 3.05) is 18.4 Å². The number of rotatable bonds is 3. The number of amides is 1. The standard InChI is InChI=1S/C22H24N2O3/c1-16(25)23-18-8-6-17(7-9-18)15-24-12-10-22(11-13-24)14-20(26)19-4-2-3-5-21(19)27-22/h2-9H,10-15H2,1H3,(H,23,25). The second kappa shape index (κ2) is 7.16. The number of anilines is 1. The van der Waals surface area contributed by atoms with E-state index in [2.05, 4.69) is 10.2 Å². The molecule has 0 atom stereocenters. The van der Waals surface area contributed by atoms with Gasteiger partial charge >= 0.3 is 0 Å². The lowest BCUT2D eigenvalue weighted by atomic mass is 9.82. The molecular weight excluding hydrogens is 340 g/mol. The van der Waals surface area contributed by atoms with Gasteiger partial charge in [0.05, 0.1) is 12.0 Å². The van der Waals surface area contributed by atoms with Crippen LogP contribution in [0.5, 0.6) is 5.75 Å². The lowest BCUT2D eigenvalue weighted by Crippen LogP contribution is -2.50. The average Bonchev–Trinajstić information content (AvgIpc) is 2.65. The number of likely N-dealkylation sites (tertiary alicyclic amines) is 1. The van der Waals surface area contributed by atoms with Crippen molar-refractivity contribution in [1.29, 1.82) is 0 Å². The summed E-state index contributed by atoms with van der Waals surface area (Å²) in [7, 11) is 0. The van der Waals surface area contributed by atoms with Crippen molar-refractivity contribution < 1.29 is 14.3 Å². The topological polar surface area (TPSA) is 58.6 Å². The molecule has 0 saturated carbocycles. The molecule has 1 saturated heterocycles. The molecule has 1 fully saturated rings. The predicted molar refractivity (Wildman–Crippen MR) is 104 cm³/mol. The first-order valence-electron chi connectivity index (χ1n) is 9.43. The molecule has 1 spiro atoms. The van der Waals surface area contributed by atoms with E-state index in [9.17, 15) is 9.59 Å². The van der Waals surface area contributed by atoms with Crippen LogP contribution < -0.4 is 10.1 Å². The third-order valence-electron chi connectivity index (χ3n) is 5.44. The predicted octanol–water partition coefficient (Wildman–Crippen LogP) is 3.65. The number of fused-ring (bicyclic) bond motifs is 1. The minimum Gasteiger partial charge on any atom is -0.486 e. The average molecular weight is 364 g/mol. The van der Waals surface area contributed by atoms with Gasteiger partial charge in [0.1, 0.15) is 11.4 Å². The van der Waals surface area contributed by atoms with Crippen molar-refractivity contribution in [2.45, 2.75) is 38.3 Å². The maximum atomic E-state index is 12.5. The highest BCUT2D eigenvalue weighted by atomic mass is 16.5. The number of nitrogens with zero attached hydrogens (tertiary/aromatic N) is 1. The number of ketones is 1. The van der Waals surface area contributed by atoms with Gasteiger partial charge in [0, 0.05) is 45.1 Å². The first-order valence-corrected chi connectivity index (χ1v) is 9.43. The monoisotopic (exact) mass is 364 g/mol. The second-order valence-electron chi connectivity index (χ2n) is 7.54. The van der Waals surface area contributed by atoms with Crippen LogP contribution in [0.1, 0.15) is 42.1 Å². The van der Waals surface area contributed by atoms with Crippen LogP contribution in [0.3, 0.4) is 0 Å². The van der Waals surface area contributed by atoms with Gasteiger partial charge in [-0.25, -0.2) is 0 Å². The lowest BCUT2D eigenvalue weighted by molar-refractivity contribution is -0.114. The molecule has 0 aromatic heterocycles. The fraction of sp³-hybridized carbons (Fsp3) is 0.364. The van der Waals surface area contributed by atoms with E-state index in [1.165, 1.54) is 12.5 Å². The Hall–Kier alpha value is -2.66. The molecule has 2 heterocycles. The van der Waals surface area contributed by atoms with Crippen molar-refractivity contribution in [1.82, 2.24) is 4.90 Å². The zero-order valence-electron chi connectivity index (χ0n) is 15.5. The molecule has 0 radical (unpaired) electrons. The van der Waals surface area contributed by atoms with Gasteiger partial charge in [-0.1, -0.05) is 24.3 Å². The maximum absolute atomic E-state index is 12.5. The van der Waals surface area contributed by atoms with Gasteiger partial charge in [-0.15, -0.1) is 0 Å². The first-order chi connectivity index (χ1) is 13.0. The van der Waals surface area contributed by atoms with Gasteiger partial charge < -0.3 is 10.1 Å². The summed E-state index contributed by atoms with van der Waals surface area (Å²) in [6.45, 7) is 4.18. The number of benzene rings is 2. The van der Waals surface area contributed by atoms with Gasteiger partial charge in [0.25, 0.3) is 0 Å². The zero-order chi connectivity index (χ0) is 18.9. The summed E-state index contributed by atoms with van der Waals surface area (Å²) in [6.07, 6.45) is 2.19. The zero-order valence-corrected chi connectivity index (χ0v) is 15.5. The van der Waals surface area contributed by atoms with Crippen LogP contribution in [-0.4, -0.2) is 35.3 Å². The highest BCUT2D eigenvalue weighted by Gasteiger charge is 2.42. The molecule has 1 N–H and O–H groups in total. The van der Waals surface area contributed by atoms with Gasteiger partial charge in [-0.3, -0.25) is 14.5 Å². The Balaban J connectivity index is 1.37. The molecule has 5 heteroatoms. The Morgan fingerprint density at radius 2 is 1.81 bits per heavy atom. The van der Waals surface area contributed by atoms with Crippen LogP contribution >= 0.6 is 0 Å². The number of carbonyl (C=O) groups is 2. The fourth-order valence-corrected chi connectivity index (χ4v) is 4.00.